The Kier molecular flexibility index (Phi) is 5.16. The molecular formula is C15H22N2OS. The Hall–Kier alpha value is -1.13. The Balaban J connectivity index is 1.76. The minimum absolute atomic E-state index is 0.413. The highest BCUT2D eigenvalue weighted by Crippen LogP contribution is 2.18. The van der Waals surface area contributed by atoms with Crippen molar-refractivity contribution in [2.75, 3.05) is 18.5 Å². The standard InChI is InChI=1S/C15H22N2OS/c1-11-5-3-7-14(12(11)2)17-15(19)16-9-8-13-6-4-10-18-13/h3,5,7,13H,4,6,8-10H2,1-2H3,(H2,16,17,19). The molecule has 1 unspecified atom stereocenters. The summed E-state index contributed by atoms with van der Waals surface area (Å²) >= 11 is 5.32. The molecule has 0 amide bonds. The molecule has 1 heterocycles. The number of ether oxygens (including phenoxy) is 1. The molecule has 1 aliphatic rings. The molecule has 0 bridgehead atoms. The van der Waals surface area contributed by atoms with Crippen LogP contribution in [0.25, 0.3) is 0 Å². The first-order valence-corrected chi connectivity index (χ1v) is 7.30. The Bertz CT molecular complexity index is 442. The van der Waals surface area contributed by atoms with Crippen LogP contribution in [0, 0.1) is 13.8 Å². The molecule has 0 spiro atoms. The normalized spacial score (nSPS) is 18.3. The Labute approximate surface area is 120 Å². The maximum atomic E-state index is 5.58. The highest BCUT2D eigenvalue weighted by Gasteiger charge is 2.14. The summed E-state index contributed by atoms with van der Waals surface area (Å²) in [5.41, 5.74) is 3.59. The minimum atomic E-state index is 0.413. The summed E-state index contributed by atoms with van der Waals surface area (Å²) < 4.78 is 5.58. The van der Waals surface area contributed by atoms with Crippen LogP contribution in [0.3, 0.4) is 0 Å². The van der Waals surface area contributed by atoms with E-state index in [1.807, 2.05) is 6.07 Å². The van der Waals surface area contributed by atoms with E-state index in [0.29, 0.717) is 11.2 Å². The number of hydrogen-bond donors (Lipinski definition) is 2. The maximum absolute atomic E-state index is 5.58. The van der Waals surface area contributed by atoms with Crippen molar-refractivity contribution < 1.29 is 4.74 Å². The van der Waals surface area contributed by atoms with Gasteiger partial charge in [0.25, 0.3) is 0 Å². The number of thiocarbonyl (C=S) groups is 1. The summed E-state index contributed by atoms with van der Waals surface area (Å²) in [6.45, 7) is 5.98. The van der Waals surface area contributed by atoms with E-state index in [1.165, 1.54) is 24.0 Å². The van der Waals surface area contributed by atoms with Crippen LogP contribution in [-0.4, -0.2) is 24.4 Å². The molecule has 1 aromatic carbocycles. The van der Waals surface area contributed by atoms with E-state index in [9.17, 15) is 0 Å². The smallest absolute Gasteiger partial charge is 0.170 e. The molecule has 1 aromatic rings. The van der Waals surface area contributed by atoms with Gasteiger partial charge < -0.3 is 15.4 Å². The van der Waals surface area contributed by atoms with E-state index in [0.717, 1.165) is 25.3 Å². The average Bonchev–Trinajstić information content (AvgIpc) is 2.88. The number of hydrogen-bond acceptors (Lipinski definition) is 2. The van der Waals surface area contributed by atoms with Gasteiger partial charge in [-0.2, -0.15) is 0 Å². The van der Waals surface area contributed by atoms with Crippen LogP contribution in [0.2, 0.25) is 0 Å². The van der Waals surface area contributed by atoms with E-state index in [-0.39, 0.29) is 0 Å². The van der Waals surface area contributed by atoms with Gasteiger partial charge in [0.05, 0.1) is 6.10 Å². The summed E-state index contributed by atoms with van der Waals surface area (Å²) in [5.74, 6) is 0. The molecule has 3 nitrogen and oxygen atoms in total. The van der Waals surface area contributed by atoms with Gasteiger partial charge in [0.1, 0.15) is 0 Å². The summed E-state index contributed by atoms with van der Waals surface area (Å²) in [7, 11) is 0. The van der Waals surface area contributed by atoms with Gasteiger partial charge in [0, 0.05) is 18.8 Å². The quantitative estimate of drug-likeness (QED) is 0.829. The zero-order chi connectivity index (χ0) is 13.7. The lowest BCUT2D eigenvalue weighted by atomic mass is 10.1. The molecular weight excluding hydrogens is 256 g/mol. The molecule has 1 atom stereocenters. The molecule has 2 rings (SSSR count). The highest BCUT2D eigenvalue weighted by atomic mass is 32.1. The largest absolute Gasteiger partial charge is 0.378 e. The maximum Gasteiger partial charge on any atom is 0.170 e. The Morgan fingerprint density at radius 2 is 2.26 bits per heavy atom. The molecule has 104 valence electrons. The van der Waals surface area contributed by atoms with Gasteiger partial charge in [-0.1, -0.05) is 12.1 Å². The van der Waals surface area contributed by atoms with E-state index in [1.54, 1.807) is 0 Å². The van der Waals surface area contributed by atoms with Crippen LogP contribution in [0.15, 0.2) is 18.2 Å². The molecule has 0 saturated carbocycles. The SMILES string of the molecule is Cc1cccc(NC(=S)NCCC2CCCO2)c1C. The fourth-order valence-corrected chi connectivity index (χ4v) is 2.48. The van der Waals surface area contributed by atoms with E-state index < -0.39 is 0 Å². The van der Waals surface area contributed by atoms with Crippen LogP contribution in [-0.2, 0) is 4.74 Å². The lowest BCUT2D eigenvalue weighted by Gasteiger charge is -2.15. The van der Waals surface area contributed by atoms with E-state index in [4.69, 9.17) is 17.0 Å². The van der Waals surface area contributed by atoms with E-state index in [2.05, 4.69) is 36.6 Å². The summed E-state index contributed by atoms with van der Waals surface area (Å²) in [6.07, 6.45) is 3.81. The average molecular weight is 278 g/mol. The second kappa shape index (κ2) is 6.87. The third-order valence-corrected chi connectivity index (χ3v) is 3.88. The van der Waals surface area contributed by atoms with Crippen LogP contribution in [0.5, 0.6) is 0 Å². The van der Waals surface area contributed by atoms with Gasteiger partial charge in [-0.15, -0.1) is 0 Å². The molecule has 19 heavy (non-hydrogen) atoms. The summed E-state index contributed by atoms with van der Waals surface area (Å²) in [5, 5.41) is 7.19. The molecule has 4 heteroatoms. The predicted molar refractivity (Wildman–Crippen MR) is 83.7 cm³/mol. The fourth-order valence-electron chi connectivity index (χ4n) is 2.27. The minimum Gasteiger partial charge on any atom is -0.378 e. The highest BCUT2D eigenvalue weighted by molar-refractivity contribution is 7.80. The molecule has 1 saturated heterocycles. The zero-order valence-corrected chi connectivity index (χ0v) is 12.5. The first-order valence-electron chi connectivity index (χ1n) is 6.89. The summed E-state index contributed by atoms with van der Waals surface area (Å²) in [6, 6.07) is 6.20. The third-order valence-electron chi connectivity index (χ3n) is 3.63. The molecule has 2 N–H and O–H groups in total. The van der Waals surface area contributed by atoms with Crippen molar-refractivity contribution in [3.05, 3.63) is 29.3 Å². The fraction of sp³-hybridized carbons (Fsp3) is 0.533. The second-order valence-corrected chi connectivity index (χ2v) is 5.46. The van der Waals surface area contributed by atoms with Gasteiger partial charge in [-0.3, -0.25) is 0 Å². The number of nitrogens with one attached hydrogen (secondary N) is 2. The molecule has 0 radical (unpaired) electrons. The predicted octanol–water partition coefficient (Wildman–Crippen LogP) is 3.16. The number of benzene rings is 1. The van der Waals surface area contributed by atoms with Gasteiger partial charge >= 0.3 is 0 Å². The van der Waals surface area contributed by atoms with E-state index >= 15 is 0 Å². The number of rotatable bonds is 4. The van der Waals surface area contributed by atoms with Crippen LogP contribution >= 0.6 is 12.2 Å². The van der Waals surface area contributed by atoms with Crippen molar-refractivity contribution in [1.82, 2.24) is 5.32 Å². The van der Waals surface area contributed by atoms with Crippen molar-refractivity contribution in [2.24, 2.45) is 0 Å². The first kappa shape index (κ1) is 14.3. The first-order chi connectivity index (χ1) is 9.16. The molecule has 1 fully saturated rings. The molecule has 0 aliphatic carbocycles. The van der Waals surface area contributed by atoms with Crippen molar-refractivity contribution in [2.45, 2.75) is 39.2 Å². The van der Waals surface area contributed by atoms with Gasteiger partial charge in [-0.25, -0.2) is 0 Å². The monoisotopic (exact) mass is 278 g/mol. The van der Waals surface area contributed by atoms with Crippen molar-refractivity contribution in [3.63, 3.8) is 0 Å². The lowest BCUT2D eigenvalue weighted by Crippen LogP contribution is -2.31. The Morgan fingerprint density at radius 1 is 1.42 bits per heavy atom. The van der Waals surface area contributed by atoms with Crippen LogP contribution in [0.4, 0.5) is 5.69 Å². The lowest BCUT2D eigenvalue weighted by molar-refractivity contribution is 0.105. The molecule has 1 aliphatic heterocycles. The Morgan fingerprint density at radius 3 is 3.00 bits per heavy atom. The van der Waals surface area contributed by atoms with Crippen molar-refractivity contribution in [3.8, 4) is 0 Å². The summed E-state index contributed by atoms with van der Waals surface area (Å²) in [4.78, 5) is 0. The second-order valence-electron chi connectivity index (χ2n) is 5.05. The zero-order valence-electron chi connectivity index (χ0n) is 11.7. The van der Waals surface area contributed by atoms with Crippen molar-refractivity contribution in [1.29, 1.82) is 0 Å². The third kappa shape index (κ3) is 4.18. The van der Waals surface area contributed by atoms with Crippen LogP contribution < -0.4 is 10.6 Å². The van der Waals surface area contributed by atoms with Crippen LogP contribution in [0.1, 0.15) is 30.4 Å². The number of anilines is 1. The van der Waals surface area contributed by atoms with Gasteiger partial charge in [-0.05, 0) is 62.5 Å². The van der Waals surface area contributed by atoms with Gasteiger partial charge in [0.15, 0.2) is 5.11 Å². The topological polar surface area (TPSA) is 33.3 Å². The number of aryl methyl sites for hydroxylation is 1. The van der Waals surface area contributed by atoms with Crippen molar-refractivity contribution >= 4 is 23.0 Å². The molecule has 0 aromatic heterocycles. The van der Waals surface area contributed by atoms with Gasteiger partial charge in [0.2, 0.25) is 0 Å².